The first-order valence-corrected chi connectivity index (χ1v) is 10.2. The van der Waals surface area contributed by atoms with Gasteiger partial charge in [-0.25, -0.2) is 0 Å². The van der Waals surface area contributed by atoms with Gasteiger partial charge in [0.25, 0.3) is 5.91 Å². The van der Waals surface area contributed by atoms with Gasteiger partial charge in [-0.2, -0.15) is 0 Å². The molecule has 0 aliphatic rings. The monoisotopic (exact) mass is 349 g/mol. The number of hydrogen-bond donors (Lipinski definition) is 1. The molecule has 0 heterocycles. The maximum atomic E-state index is 11.4. The van der Waals surface area contributed by atoms with Crippen molar-refractivity contribution in [3.05, 3.63) is 24.3 Å². The number of hydrogen-bond acceptors (Lipinski definition) is 2. The first-order chi connectivity index (χ1) is 12.1. The molecule has 0 saturated carbocycles. The summed E-state index contributed by atoms with van der Waals surface area (Å²) < 4.78 is 0. The second kappa shape index (κ2) is 17.4. The zero-order chi connectivity index (χ0) is 18.8. The fourth-order valence-electron chi connectivity index (χ4n) is 2.73. The lowest BCUT2D eigenvalue weighted by Crippen LogP contribution is -2.29. The first-order valence-electron chi connectivity index (χ1n) is 10.2. The highest BCUT2D eigenvalue weighted by Crippen LogP contribution is 2.12. The van der Waals surface area contributed by atoms with Crippen molar-refractivity contribution in [3.63, 3.8) is 0 Å². The summed E-state index contributed by atoms with van der Waals surface area (Å²) in [6.45, 7) is 7.34. The maximum Gasteiger partial charge on any atom is 0.253 e. The zero-order valence-corrected chi connectivity index (χ0v) is 16.6. The zero-order valence-electron chi connectivity index (χ0n) is 16.6. The molecular formula is C22H39NO2. The highest BCUT2D eigenvalue weighted by Gasteiger charge is 2.04. The molecule has 3 nitrogen and oxygen atoms in total. The minimum atomic E-state index is -0.407. The van der Waals surface area contributed by atoms with Crippen molar-refractivity contribution in [1.29, 1.82) is 0 Å². The maximum absolute atomic E-state index is 11.4. The average Bonchev–Trinajstić information content (AvgIpc) is 2.58. The van der Waals surface area contributed by atoms with E-state index in [1.54, 1.807) is 6.92 Å². The van der Waals surface area contributed by atoms with Gasteiger partial charge in [-0.1, -0.05) is 96.6 Å². The highest BCUT2D eigenvalue weighted by atomic mass is 16.2. The molecule has 0 bridgehead atoms. The Hall–Kier alpha value is -1.38. The van der Waals surface area contributed by atoms with Crippen LogP contribution in [0.15, 0.2) is 24.3 Å². The SMILES string of the molecule is C=C(C)C(=O)NC(=O)/C=C/CCCCCCCCCCCCCCC. The number of imide groups is 1. The Bertz CT molecular complexity index is 399. The standard InChI is InChI=1S/C22H39NO2/c1-4-5-6-7-8-9-10-11-12-13-14-15-16-17-18-19-21(24)23-22(25)20(2)3/h18-19H,2,4-17H2,1,3H3,(H,23,24,25)/b19-18+. The van der Waals surface area contributed by atoms with Crippen LogP contribution in [0.25, 0.3) is 0 Å². The normalized spacial score (nSPS) is 11.0. The lowest BCUT2D eigenvalue weighted by Gasteiger charge is -2.02. The number of carbonyl (C=O) groups is 2. The Labute approximate surface area is 155 Å². The summed E-state index contributed by atoms with van der Waals surface area (Å²) in [6, 6.07) is 0. The van der Waals surface area contributed by atoms with Crippen molar-refractivity contribution >= 4 is 11.8 Å². The molecule has 0 fully saturated rings. The number of rotatable bonds is 16. The van der Waals surface area contributed by atoms with Crippen molar-refractivity contribution in [2.24, 2.45) is 0 Å². The van der Waals surface area contributed by atoms with E-state index in [1.807, 2.05) is 6.08 Å². The van der Waals surface area contributed by atoms with Gasteiger partial charge >= 0.3 is 0 Å². The minimum Gasteiger partial charge on any atom is -0.289 e. The molecule has 1 N–H and O–H groups in total. The van der Waals surface area contributed by atoms with E-state index in [-0.39, 0.29) is 5.91 Å². The molecular weight excluding hydrogens is 310 g/mol. The smallest absolute Gasteiger partial charge is 0.253 e. The molecule has 3 heteroatoms. The van der Waals surface area contributed by atoms with Gasteiger partial charge in [0.2, 0.25) is 5.91 Å². The van der Waals surface area contributed by atoms with Gasteiger partial charge in [0, 0.05) is 5.57 Å². The van der Waals surface area contributed by atoms with Crippen LogP contribution in [0.4, 0.5) is 0 Å². The quantitative estimate of drug-likeness (QED) is 0.265. The van der Waals surface area contributed by atoms with Crippen LogP contribution >= 0.6 is 0 Å². The van der Waals surface area contributed by atoms with Crippen LogP contribution in [0.5, 0.6) is 0 Å². The molecule has 0 aromatic heterocycles. The van der Waals surface area contributed by atoms with Crippen LogP contribution in [0.2, 0.25) is 0 Å². The van der Waals surface area contributed by atoms with Crippen LogP contribution in [0.3, 0.4) is 0 Å². The molecule has 0 spiro atoms. The van der Waals surface area contributed by atoms with E-state index in [4.69, 9.17) is 0 Å². The fraction of sp³-hybridized carbons (Fsp3) is 0.727. The summed E-state index contributed by atoms with van der Waals surface area (Å²) >= 11 is 0. The van der Waals surface area contributed by atoms with Gasteiger partial charge < -0.3 is 0 Å². The molecule has 25 heavy (non-hydrogen) atoms. The van der Waals surface area contributed by atoms with Gasteiger partial charge in [0.1, 0.15) is 0 Å². The van der Waals surface area contributed by atoms with Crippen molar-refractivity contribution in [2.75, 3.05) is 0 Å². The minimum absolute atomic E-state index is 0.346. The van der Waals surface area contributed by atoms with E-state index in [9.17, 15) is 9.59 Å². The molecule has 0 unspecified atom stereocenters. The van der Waals surface area contributed by atoms with Crippen molar-refractivity contribution in [3.8, 4) is 0 Å². The topological polar surface area (TPSA) is 46.2 Å². The Balaban J connectivity index is 3.30. The third-order valence-corrected chi connectivity index (χ3v) is 4.37. The van der Waals surface area contributed by atoms with Crippen molar-refractivity contribution < 1.29 is 9.59 Å². The van der Waals surface area contributed by atoms with E-state index < -0.39 is 5.91 Å². The van der Waals surface area contributed by atoms with Gasteiger partial charge in [0.15, 0.2) is 0 Å². The van der Waals surface area contributed by atoms with Crippen LogP contribution in [-0.2, 0) is 9.59 Å². The largest absolute Gasteiger partial charge is 0.289 e. The third-order valence-electron chi connectivity index (χ3n) is 4.37. The number of amides is 2. The molecule has 0 aromatic rings. The van der Waals surface area contributed by atoms with E-state index in [0.717, 1.165) is 12.8 Å². The fourth-order valence-corrected chi connectivity index (χ4v) is 2.73. The van der Waals surface area contributed by atoms with Crippen LogP contribution < -0.4 is 5.32 Å². The third kappa shape index (κ3) is 17.2. The van der Waals surface area contributed by atoms with Gasteiger partial charge in [0.05, 0.1) is 0 Å². The van der Waals surface area contributed by atoms with Crippen molar-refractivity contribution in [2.45, 2.75) is 104 Å². The van der Waals surface area contributed by atoms with Crippen molar-refractivity contribution in [1.82, 2.24) is 5.32 Å². The molecule has 0 aliphatic heterocycles. The Morgan fingerprint density at radius 1 is 0.800 bits per heavy atom. The van der Waals surface area contributed by atoms with Gasteiger partial charge in [-0.15, -0.1) is 0 Å². The Kier molecular flexibility index (Phi) is 16.5. The summed E-state index contributed by atoms with van der Waals surface area (Å²) in [4.78, 5) is 22.7. The number of unbranched alkanes of at least 4 members (excludes halogenated alkanes) is 13. The predicted octanol–water partition coefficient (Wildman–Crippen LogP) is 6.24. The van der Waals surface area contributed by atoms with Crippen LogP contribution in [0.1, 0.15) is 104 Å². The summed E-state index contributed by atoms with van der Waals surface area (Å²) in [5.74, 6) is -0.765. The highest BCUT2D eigenvalue weighted by molar-refractivity contribution is 6.07. The molecule has 144 valence electrons. The van der Waals surface area contributed by atoms with Crippen LogP contribution in [0, 0.1) is 0 Å². The lowest BCUT2D eigenvalue weighted by molar-refractivity contribution is -0.125. The van der Waals surface area contributed by atoms with Gasteiger partial charge in [-0.3, -0.25) is 14.9 Å². The number of nitrogens with one attached hydrogen (secondary N) is 1. The summed E-state index contributed by atoms with van der Waals surface area (Å²) in [5, 5.41) is 2.26. The first kappa shape index (κ1) is 23.6. The molecule has 0 saturated heterocycles. The average molecular weight is 350 g/mol. The molecule has 2 amide bonds. The summed E-state index contributed by atoms with van der Waals surface area (Å²) in [7, 11) is 0. The molecule has 0 aromatic carbocycles. The second-order valence-corrected chi connectivity index (χ2v) is 7.03. The molecule has 0 aliphatic carbocycles. The van der Waals surface area contributed by atoms with Gasteiger partial charge in [-0.05, 0) is 25.8 Å². The second-order valence-electron chi connectivity index (χ2n) is 7.03. The predicted molar refractivity (Wildman–Crippen MR) is 107 cm³/mol. The van der Waals surface area contributed by atoms with E-state index >= 15 is 0 Å². The number of allylic oxidation sites excluding steroid dienone is 1. The molecule has 0 rings (SSSR count). The molecule has 0 radical (unpaired) electrons. The summed E-state index contributed by atoms with van der Waals surface area (Å²) in [5.41, 5.74) is 0.346. The van der Waals surface area contributed by atoms with E-state index in [2.05, 4.69) is 18.8 Å². The lowest BCUT2D eigenvalue weighted by atomic mass is 10.0. The van der Waals surface area contributed by atoms with Crippen LogP contribution in [-0.4, -0.2) is 11.8 Å². The van der Waals surface area contributed by atoms with E-state index in [0.29, 0.717) is 5.57 Å². The number of carbonyl (C=O) groups excluding carboxylic acids is 2. The Morgan fingerprint density at radius 2 is 1.24 bits per heavy atom. The van der Waals surface area contributed by atoms with E-state index in [1.165, 1.54) is 83.1 Å². The summed E-state index contributed by atoms with van der Waals surface area (Å²) in [6.07, 6.45) is 21.6. The Morgan fingerprint density at radius 3 is 1.68 bits per heavy atom. The molecule has 0 atom stereocenters.